The number of carboxylic acids is 1. The van der Waals surface area contributed by atoms with Crippen LogP contribution >= 0.6 is 23.2 Å². The minimum Gasteiger partial charge on any atom is -0.487 e. The van der Waals surface area contributed by atoms with E-state index in [-0.39, 0.29) is 12.2 Å². The van der Waals surface area contributed by atoms with Gasteiger partial charge in [0.1, 0.15) is 12.4 Å². The van der Waals surface area contributed by atoms with E-state index in [1.165, 1.54) is 12.1 Å². The Hall–Kier alpha value is -1.71. The summed E-state index contributed by atoms with van der Waals surface area (Å²) in [6.45, 7) is 2.17. The van der Waals surface area contributed by atoms with Gasteiger partial charge in [-0.1, -0.05) is 35.3 Å². The standard InChI is InChI=1S/C15H12Cl2O3/c1-9-2-5-12(16)14(6-9)20-8-11-4-3-10(15(18)19)7-13(11)17/h2-7H,8H2,1H3,(H,18,19). The molecule has 0 atom stereocenters. The number of halogens is 2. The van der Waals surface area contributed by atoms with Crippen LogP contribution in [-0.2, 0) is 6.61 Å². The summed E-state index contributed by atoms with van der Waals surface area (Å²) in [6.07, 6.45) is 0. The highest BCUT2D eigenvalue weighted by Gasteiger charge is 2.08. The lowest BCUT2D eigenvalue weighted by Gasteiger charge is -2.10. The van der Waals surface area contributed by atoms with E-state index >= 15 is 0 Å². The normalized spacial score (nSPS) is 10.3. The molecular weight excluding hydrogens is 299 g/mol. The quantitative estimate of drug-likeness (QED) is 0.899. The van der Waals surface area contributed by atoms with Gasteiger partial charge in [0.2, 0.25) is 0 Å². The number of rotatable bonds is 4. The number of ether oxygens (including phenoxy) is 1. The molecule has 0 bridgehead atoms. The molecule has 3 nitrogen and oxygen atoms in total. The Kier molecular flexibility index (Phi) is 4.53. The Morgan fingerprint density at radius 2 is 1.90 bits per heavy atom. The second-order valence-corrected chi connectivity index (χ2v) is 5.15. The van der Waals surface area contributed by atoms with Crippen LogP contribution in [0, 0.1) is 6.92 Å². The second-order valence-electron chi connectivity index (χ2n) is 4.33. The molecule has 0 amide bonds. The minimum absolute atomic E-state index is 0.146. The average Bonchev–Trinajstić information content (AvgIpc) is 2.40. The predicted molar refractivity (Wildman–Crippen MR) is 78.9 cm³/mol. The van der Waals surface area contributed by atoms with Crippen molar-refractivity contribution in [3.05, 3.63) is 63.1 Å². The summed E-state index contributed by atoms with van der Waals surface area (Å²) in [7, 11) is 0. The number of hydrogen-bond donors (Lipinski definition) is 1. The molecule has 2 rings (SSSR count). The Bertz CT molecular complexity index is 654. The largest absolute Gasteiger partial charge is 0.487 e. The molecule has 2 aromatic carbocycles. The average molecular weight is 311 g/mol. The summed E-state index contributed by atoms with van der Waals surface area (Å²) in [6, 6.07) is 10.0. The molecule has 0 aliphatic rings. The highest BCUT2D eigenvalue weighted by atomic mass is 35.5. The van der Waals surface area contributed by atoms with E-state index < -0.39 is 5.97 Å². The lowest BCUT2D eigenvalue weighted by molar-refractivity contribution is 0.0697. The van der Waals surface area contributed by atoms with E-state index in [1.54, 1.807) is 12.1 Å². The van der Waals surface area contributed by atoms with Crippen molar-refractivity contribution >= 4 is 29.2 Å². The van der Waals surface area contributed by atoms with Gasteiger partial charge in [-0.3, -0.25) is 0 Å². The van der Waals surface area contributed by atoms with Crippen LogP contribution in [0.25, 0.3) is 0 Å². The molecular formula is C15H12Cl2O3. The molecule has 2 aromatic rings. The van der Waals surface area contributed by atoms with Crippen molar-refractivity contribution in [2.24, 2.45) is 0 Å². The van der Waals surface area contributed by atoms with E-state index in [0.717, 1.165) is 5.56 Å². The van der Waals surface area contributed by atoms with Gasteiger partial charge in [0.05, 0.1) is 10.6 Å². The lowest BCUT2D eigenvalue weighted by Crippen LogP contribution is -2.00. The summed E-state index contributed by atoms with van der Waals surface area (Å²) in [5, 5.41) is 9.75. The van der Waals surface area contributed by atoms with E-state index in [0.29, 0.717) is 21.4 Å². The molecule has 0 spiro atoms. The molecule has 0 saturated carbocycles. The number of carbonyl (C=O) groups is 1. The van der Waals surface area contributed by atoms with Crippen molar-refractivity contribution in [1.29, 1.82) is 0 Å². The first-order valence-electron chi connectivity index (χ1n) is 5.88. The van der Waals surface area contributed by atoms with Crippen molar-refractivity contribution in [2.75, 3.05) is 0 Å². The van der Waals surface area contributed by atoms with Crippen LogP contribution in [0.2, 0.25) is 10.0 Å². The van der Waals surface area contributed by atoms with Crippen molar-refractivity contribution in [2.45, 2.75) is 13.5 Å². The molecule has 5 heteroatoms. The topological polar surface area (TPSA) is 46.5 Å². The van der Waals surface area contributed by atoms with Crippen LogP contribution in [0.4, 0.5) is 0 Å². The van der Waals surface area contributed by atoms with E-state index in [9.17, 15) is 4.79 Å². The van der Waals surface area contributed by atoms with Gasteiger partial charge in [0, 0.05) is 10.6 Å². The molecule has 0 aromatic heterocycles. The third kappa shape index (κ3) is 3.44. The zero-order chi connectivity index (χ0) is 14.7. The van der Waals surface area contributed by atoms with Gasteiger partial charge < -0.3 is 9.84 Å². The van der Waals surface area contributed by atoms with Gasteiger partial charge in [-0.05, 0) is 36.8 Å². The van der Waals surface area contributed by atoms with Crippen LogP contribution in [-0.4, -0.2) is 11.1 Å². The number of aromatic carboxylic acids is 1. The Morgan fingerprint density at radius 3 is 2.55 bits per heavy atom. The third-order valence-electron chi connectivity index (χ3n) is 2.77. The van der Waals surface area contributed by atoms with Gasteiger partial charge in [0.15, 0.2) is 0 Å². The van der Waals surface area contributed by atoms with E-state index in [1.807, 2.05) is 19.1 Å². The summed E-state index contributed by atoms with van der Waals surface area (Å²) < 4.78 is 5.62. The van der Waals surface area contributed by atoms with E-state index in [4.69, 9.17) is 33.0 Å². The fourth-order valence-corrected chi connectivity index (χ4v) is 2.08. The zero-order valence-electron chi connectivity index (χ0n) is 10.7. The summed E-state index contributed by atoms with van der Waals surface area (Å²) in [5.41, 5.74) is 1.89. The maximum atomic E-state index is 10.8. The van der Waals surface area contributed by atoms with Gasteiger partial charge in [0.25, 0.3) is 0 Å². The fourth-order valence-electron chi connectivity index (χ4n) is 1.67. The predicted octanol–water partition coefficient (Wildman–Crippen LogP) is 4.58. The number of benzene rings is 2. The van der Waals surface area contributed by atoms with Crippen LogP contribution in [0.1, 0.15) is 21.5 Å². The first-order valence-corrected chi connectivity index (χ1v) is 6.63. The lowest BCUT2D eigenvalue weighted by atomic mass is 10.1. The first-order chi connectivity index (χ1) is 9.47. The fraction of sp³-hybridized carbons (Fsp3) is 0.133. The summed E-state index contributed by atoms with van der Waals surface area (Å²) in [5.74, 6) is -0.439. The van der Waals surface area contributed by atoms with Crippen LogP contribution in [0.3, 0.4) is 0 Å². The third-order valence-corrected chi connectivity index (χ3v) is 3.43. The van der Waals surface area contributed by atoms with Gasteiger partial charge >= 0.3 is 5.97 Å². The first kappa shape index (κ1) is 14.7. The van der Waals surface area contributed by atoms with Crippen LogP contribution < -0.4 is 4.74 Å². The molecule has 0 aliphatic heterocycles. The number of carboxylic acid groups (broad SMARTS) is 1. The smallest absolute Gasteiger partial charge is 0.335 e. The van der Waals surface area contributed by atoms with E-state index in [2.05, 4.69) is 0 Å². The zero-order valence-corrected chi connectivity index (χ0v) is 12.2. The van der Waals surface area contributed by atoms with Crippen molar-refractivity contribution in [3.63, 3.8) is 0 Å². The Labute approximate surface area is 126 Å². The molecule has 0 radical (unpaired) electrons. The minimum atomic E-state index is -1.01. The number of hydrogen-bond acceptors (Lipinski definition) is 2. The van der Waals surface area contributed by atoms with Crippen molar-refractivity contribution in [1.82, 2.24) is 0 Å². The molecule has 0 fully saturated rings. The Balaban J connectivity index is 2.15. The highest BCUT2D eigenvalue weighted by molar-refractivity contribution is 6.32. The van der Waals surface area contributed by atoms with Crippen molar-refractivity contribution in [3.8, 4) is 5.75 Å². The maximum Gasteiger partial charge on any atom is 0.335 e. The van der Waals surface area contributed by atoms with Gasteiger partial charge in [-0.2, -0.15) is 0 Å². The molecule has 20 heavy (non-hydrogen) atoms. The van der Waals surface area contributed by atoms with Crippen LogP contribution in [0.15, 0.2) is 36.4 Å². The summed E-state index contributed by atoms with van der Waals surface area (Å²) in [4.78, 5) is 10.8. The maximum absolute atomic E-state index is 10.8. The molecule has 0 heterocycles. The highest BCUT2D eigenvalue weighted by Crippen LogP contribution is 2.27. The van der Waals surface area contributed by atoms with Crippen LogP contribution in [0.5, 0.6) is 5.75 Å². The SMILES string of the molecule is Cc1ccc(Cl)c(OCc2ccc(C(=O)O)cc2Cl)c1. The molecule has 104 valence electrons. The molecule has 0 unspecified atom stereocenters. The molecule has 0 saturated heterocycles. The van der Waals surface area contributed by atoms with Gasteiger partial charge in [-0.25, -0.2) is 4.79 Å². The monoisotopic (exact) mass is 310 g/mol. The van der Waals surface area contributed by atoms with Gasteiger partial charge in [-0.15, -0.1) is 0 Å². The summed E-state index contributed by atoms with van der Waals surface area (Å²) >= 11 is 12.1. The van der Waals surface area contributed by atoms with Crippen molar-refractivity contribution < 1.29 is 14.6 Å². The second kappa shape index (κ2) is 6.16. The molecule has 1 N–H and O–H groups in total. The molecule has 0 aliphatic carbocycles. The Morgan fingerprint density at radius 1 is 1.15 bits per heavy atom. The number of aryl methyl sites for hydroxylation is 1.